The highest BCUT2D eigenvalue weighted by Gasteiger charge is 2.25. The van der Waals surface area contributed by atoms with Crippen LogP contribution < -0.4 is 5.32 Å². The number of aliphatic carboxylic acids is 1. The molecule has 0 aromatic heterocycles. The van der Waals surface area contributed by atoms with Gasteiger partial charge < -0.3 is 15.2 Å². The summed E-state index contributed by atoms with van der Waals surface area (Å²) in [5.74, 6) is -2.48. The standard InChI is InChI=1S/C15H21NO4/c1-10(11(2)15(18)19)14(17)16-8-12-5-4-6-13(7-12)9-20-3/h4-7,10-11H,8-9H2,1-3H3,(H,16,17)(H,18,19). The Morgan fingerprint density at radius 2 is 1.90 bits per heavy atom. The van der Waals surface area contributed by atoms with Crippen LogP contribution in [0, 0.1) is 11.8 Å². The molecular formula is C15H21NO4. The number of carbonyl (C=O) groups excluding carboxylic acids is 1. The van der Waals surface area contributed by atoms with E-state index in [0.29, 0.717) is 13.2 Å². The van der Waals surface area contributed by atoms with Crippen LogP contribution in [0.4, 0.5) is 0 Å². The number of methoxy groups -OCH3 is 1. The van der Waals surface area contributed by atoms with Crippen molar-refractivity contribution < 1.29 is 19.4 Å². The van der Waals surface area contributed by atoms with Gasteiger partial charge in [0, 0.05) is 19.6 Å². The fourth-order valence-corrected chi connectivity index (χ4v) is 1.79. The molecule has 0 aliphatic carbocycles. The van der Waals surface area contributed by atoms with Crippen molar-refractivity contribution in [3.63, 3.8) is 0 Å². The summed E-state index contributed by atoms with van der Waals surface area (Å²) in [6, 6.07) is 7.71. The summed E-state index contributed by atoms with van der Waals surface area (Å²) in [6.45, 7) is 4.06. The second kappa shape index (κ2) is 7.65. The Morgan fingerprint density at radius 3 is 2.50 bits per heavy atom. The number of hydrogen-bond donors (Lipinski definition) is 2. The summed E-state index contributed by atoms with van der Waals surface area (Å²) >= 11 is 0. The van der Waals surface area contributed by atoms with E-state index in [-0.39, 0.29) is 5.91 Å². The average molecular weight is 279 g/mol. The minimum atomic E-state index is -0.963. The van der Waals surface area contributed by atoms with Gasteiger partial charge in [-0.25, -0.2) is 0 Å². The first kappa shape index (κ1) is 16.2. The van der Waals surface area contributed by atoms with Gasteiger partial charge in [-0.2, -0.15) is 0 Å². The maximum atomic E-state index is 11.9. The molecule has 110 valence electrons. The number of rotatable bonds is 7. The quantitative estimate of drug-likeness (QED) is 0.798. The Bertz CT molecular complexity index is 473. The molecule has 0 aliphatic rings. The van der Waals surface area contributed by atoms with Gasteiger partial charge in [0.1, 0.15) is 0 Å². The molecule has 0 bridgehead atoms. The van der Waals surface area contributed by atoms with E-state index in [1.807, 2.05) is 24.3 Å². The lowest BCUT2D eigenvalue weighted by atomic mass is 9.95. The predicted molar refractivity (Wildman–Crippen MR) is 75.0 cm³/mol. The monoisotopic (exact) mass is 279 g/mol. The summed E-state index contributed by atoms with van der Waals surface area (Å²) in [7, 11) is 1.63. The van der Waals surface area contributed by atoms with Gasteiger partial charge in [0.05, 0.1) is 12.5 Å². The van der Waals surface area contributed by atoms with Crippen molar-refractivity contribution in [3.8, 4) is 0 Å². The molecule has 1 rings (SSSR count). The molecule has 0 fully saturated rings. The third kappa shape index (κ3) is 4.66. The van der Waals surface area contributed by atoms with Crippen molar-refractivity contribution in [3.05, 3.63) is 35.4 Å². The van der Waals surface area contributed by atoms with Gasteiger partial charge in [-0.15, -0.1) is 0 Å². The summed E-state index contributed by atoms with van der Waals surface area (Å²) in [6.07, 6.45) is 0. The Morgan fingerprint density at radius 1 is 1.25 bits per heavy atom. The number of ether oxygens (including phenoxy) is 1. The molecule has 5 heteroatoms. The number of carboxylic acids is 1. The van der Waals surface area contributed by atoms with E-state index < -0.39 is 17.8 Å². The Labute approximate surface area is 118 Å². The lowest BCUT2D eigenvalue weighted by Gasteiger charge is -2.16. The third-order valence-corrected chi connectivity index (χ3v) is 3.32. The highest BCUT2D eigenvalue weighted by molar-refractivity contribution is 5.84. The number of nitrogens with one attached hydrogen (secondary N) is 1. The number of benzene rings is 1. The van der Waals surface area contributed by atoms with Crippen LogP contribution in [-0.2, 0) is 27.5 Å². The average Bonchev–Trinajstić information content (AvgIpc) is 2.43. The number of hydrogen-bond acceptors (Lipinski definition) is 3. The fourth-order valence-electron chi connectivity index (χ4n) is 1.79. The Hall–Kier alpha value is -1.88. The van der Waals surface area contributed by atoms with Crippen molar-refractivity contribution in [2.75, 3.05) is 7.11 Å². The van der Waals surface area contributed by atoms with E-state index in [0.717, 1.165) is 11.1 Å². The second-order valence-corrected chi connectivity index (χ2v) is 4.89. The molecule has 0 spiro atoms. The molecule has 0 heterocycles. The largest absolute Gasteiger partial charge is 0.481 e. The van der Waals surface area contributed by atoms with Gasteiger partial charge in [0.2, 0.25) is 5.91 Å². The molecule has 0 radical (unpaired) electrons. The van der Waals surface area contributed by atoms with Crippen LogP contribution >= 0.6 is 0 Å². The van der Waals surface area contributed by atoms with E-state index in [1.54, 1.807) is 14.0 Å². The van der Waals surface area contributed by atoms with Gasteiger partial charge in [-0.3, -0.25) is 9.59 Å². The van der Waals surface area contributed by atoms with Crippen molar-refractivity contribution in [1.29, 1.82) is 0 Å². The molecule has 0 saturated heterocycles. The Balaban J connectivity index is 2.56. The van der Waals surface area contributed by atoms with Crippen LogP contribution in [-0.4, -0.2) is 24.1 Å². The van der Waals surface area contributed by atoms with Gasteiger partial charge in [0.15, 0.2) is 0 Å². The molecule has 0 saturated carbocycles. The van der Waals surface area contributed by atoms with Crippen LogP contribution in [0.5, 0.6) is 0 Å². The fraction of sp³-hybridized carbons (Fsp3) is 0.467. The molecule has 1 aromatic rings. The molecule has 2 unspecified atom stereocenters. The first-order valence-electron chi connectivity index (χ1n) is 6.53. The molecule has 20 heavy (non-hydrogen) atoms. The van der Waals surface area contributed by atoms with Crippen LogP contribution in [0.1, 0.15) is 25.0 Å². The lowest BCUT2D eigenvalue weighted by Crippen LogP contribution is -2.34. The molecule has 1 aromatic carbocycles. The minimum Gasteiger partial charge on any atom is -0.481 e. The third-order valence-electron chi connectivity index (χ3n) is 3.32. The van der Waals surface area contributed by atoms with Crippen molar-refractivity contribution in [1.82, 2.24) is 5.32 Å². The van der Waals surface area contributed by atoms with Crippen LogP contribution in [0.15, 0.2) is 24.3 Å². The molecular weight excluding hydrogens is 258 g/mol. The van der Waals surface area contributed by atoms with Gasteiger partial charge >= 0.3 is 5.97 Å². The smallest absolute Gasteiger partial charge is 0.307 e. The SMILES string of the molecule is COCc1cccc(CNC(=O)C(C)C(C)C(=O)O)c1. The topological polar surface area (TPSA) is 75.6 Å². The van der Waals surface area contributed by atoms with E-state index in [4.69, 9.17) is 9.84 Å². The first-order chi connectivity index (χ1) is 9.45. The zero-order chi connectivity index (χ0) is 15.1. The van der Waals surface area contributed by atoms with Crippen molar-refractivity contribution in [2.45, 2.75) is 27.0 Å². The van der Waals surface area contributed by atoms with Gasteiger partial charge in [-0.05, 0) is 11.1 Å². The van der Waals surface area contributed by atoms with Gasteiger partial charge in [0.25, 0.3) is 0 Å². The minimum absolute atomic E-state index is 0.253. The molecule has 1 amide bonds. The maximum Gasteiger partial charge on any atom is 0.307 e. The zero-order valence-corrected chi connectivity index (χ0v) is 12.1. The van der Waals surface area contributed by atoms with Crippen LogP contribution in [0.2, 0.25) is 0 Å². The summed E-state index contributed by atoms with van der Waals surface area (Å²) < 4.78 is 5.05. The highest BCUT2D eigenvalue weighted by Crippen LogP contribution is 2.12. The van der Waals surface area contributed by atoms with Crippen molar-refractivity contribution >= 4 is 11.9 Å². The van der Waals surface area contributed by atoms with Crippen molar-refractivity contribution in [2.24, 2.45) is 11.8 Å². The van der Waals surface area contributed by atoms with Crippen LogP contribution in [0.3, 0.4) is 0 Å². The van der Waals surface area contributed by atoms with Gasteiger partial charge in [-0.1, -0.05) is 38.1 Å². The molecule has 5 nitrogen and oxygen atoms in total. The summed E-state index contributed by atoms with van der Waals surface area (Å²) in [4.78, 5) is 22.7. The molecule has 0 aliphatic heterocycles. The Kier molecular flexibility index (Phi) is 6.18. The van der Waals surface area contributed by atoms with E-state index in [1.165, 1.54) is 6.92 Å². The zero-order valence-electron chi connectivity index (χ0n) is 12.1. The highest BCUT2D eigenvalue weighted by atomic mass is 16.5. The predicted octanol–water partition coefficient (Wildman–Crippen LogP) is 1.81. The van der Waals surface area contributed by atoms with E-state index in [9.17, 15) is 9.59 Å². The maximum absolute atomic E-state index is 11.9. The summed E-state index contributed by atoms with van der Waals surface area (Å²) in [5.41, 5.74) is 1.99. The molecule has 2 atom stereocenters. The van der Waals surface area contributed by atoms with Crippen LogP contribution in [0.25, 0.3) is 0 Å². The number of carbonyl (C=O) groups is 2. The first-order valence-corrected chi connectivity index (χ1v) is 6.53. The molecule has 2 N–H and O–H groups in total. The number of amides is 1. The van der Waals surface area contributed by atoms with E-state index >= 15 is 0 Å². The van der Waals surface area contributed by atoms with E-state index in [2.05, 4.69) is 5.32 Å². The number of carboxylic acid groups (broad SMARTS) is 1. The second-order valence-electron chi connectivity index (χ2n) is 4.89. The lowest BCUT2D eigenvalue weighted by molar-refractivity contribution is -0.146. The normalized spacial score (nSPS) is 13.6. The summed E-state index contributed by atoms with van der Waals surface area (Å²) in [5, 5.41) is 11.6.